The minimum absolute atomic E-state index is 0. The van der Waals surface area contributed by atoms with Crippen LogP contribution in [-0.4, -0.2) is 13.3 Å². The Labute approximate surface area is 132 Å². The van der Waals surface area contributed by atoms with Crippen LogP contribution in [0.5, 0.6) is 0 Å². The Hall–Kier alpha value is 1.51. The van der Waals surface area contributed by atoms with Gasteiger partial charge < -0.3 is 9.11 Å². The number of hydrogen-bond acceptors (Lipinski definition) is 3. The van der Waals surface area contributed by atoms with E-state index in [1.807, 2.05) is 6.07 Å². The minimum atomic E-state index is -4.16. The summed E-state index contributed by atoms with van der Waals surface area (Å²) in [5.74, 6) is 0.215. The fraction of sp³-hybridized carbons (Fsp3) is 0.143. The van der Waals surface area contributed by atoms with Crippen LogP contribution >= 0.6 is 0 Å². The van der Waals surface area contributed by atoms with Gasteiger partial charge in [-0.1, -0.05) is 30.3 Å². The van der Waals surface area contributed by atoms with Crippen LogP contribution in [0.25, 0.3) is 0 Å². The smallest absolute Gasteiger partial charge is 0.746 e. The average molecular weight is 249 g/mol. The van der Waals surface area contributed by atoms with Crippen molar-refractivity contribution in [3.8, 4) is 0 Å². The summed E-state index contributed by atoms with van der Waals surface area (Å²) in [5.41, 5.74) is 0.835. The molecule has 7 heteroatoms. The van der Waals surface area contributed by atoms with E-state index in [2.05, 4.69) is 0 Å². The van der Waals surface area contributed by atoms with Crippen molar-refractivity contribution < 1.29 is 72.4 Å². The molecule has 1 aromatic rings. The second kappa shape index (κ2) is 8.64. The molecule has 66 valence electrons. The van der Waals surface area contributed by atoms with E-state index in [9.17, 15) is 13.3 Å². The maximum atomic E-state index is 10.2. The van der Waals surface area contributed by atoms with Crippen molar-refractivity contribution in [1.82, 2.24) is 0 Å². The molecular formula is C7H7Na2O3S2+. The molecule has 0 heterocycles. The third kappa shape index (κ3) is 8.79. The summed E-state index contributed by atoms with van der Waals surface area (Å²) in [4.78, 5) is 0. The van der Waals surface area contributed by atoms with Gasteiger partial charge in [-0.25, -0.2) is 4.21 Å². The Balaban J connectivity index is 0. The Morgan fingerprint density at radius 3 is 2.07 bits per heavy atom. The van der Waals surface area contributed by atoms with Gasteiger partial charge in [-0.3, -0.25) is 0 Å². The van der Waals surface area contributed by atoms with Gasteiger partial charge in [-0.2, -0.15) is 0 Å². The molecule has 0 saturated heterocycles. The van der Waals surface area contributed by atoms with Crippen molar-refractivity contribution in [2.75, 3.05) is 0 Å². The first-order valence-corrected chi connectivity index (χ1v) is 6.13. The van der Waals surface area contributed by atoms with Gasteiger partial charge in [0.05, 0.1) is 9.05 Å². The molecule has 0 saturated carbocycles. The van der Waals surface area contributed by atoms with Crippen LogP contribution < -0.4 is 59.1 Å². The topological polar surface area (TPSA) is 63.2 Å². The van der Waals surface area contributed by atoms with E-state index in [-0.39, 0.29) is 64.9 Å². The SMILES string of the molecule is O=S([O-])([O-])=[S+]Cc1ccccc1.[Na+].[Na+]. The molecule has 0 unspecified atom stereocenters. The molecule has 0 radical (unpaired) electrons. The Kier molecular flexibility index (Phi) is 11.0. The maximum Gasteiger partial charge on any atom is 1.00 e. The summed E-state index contributed by atoms with van der Waals surface area (Å²) in [6.07, 6.45) is 0. The van der Waals surface area contributed by atoms with Crippen LogP contribution in [0.1, 0.15) is 5.56 Å². The molecule has 0 bridgehead atoms. The van der Waals surface area contributed by atoms with Crippen LogP contribution in [0.4, 0.5) is 0 Å². The zero-order valence-electron chi connectivity index (χ0n) is 8.14. The molecule has 1 aromatic carbocycles. The molecule has 0 aliphatic carbocycles. The molecule has 3 nitrogen and oxygen atoms in total. The first kappa shape index (κ1) is 17.9. The second-order valence-electron chi connectivity index (χ2n) is 2.16. The van der Waals surface area contributed by atoms with Crippen molar-refractivity contribution in [1.29, 1.82) is 0 Å². The van der Waals surface area contributed by atoms with E-state index in [0.29, 0.717) is 10.3 Å². The fourth-order valence-corrected chi connectivity index (χ4v) is 2.03. The zero-order valence-corrected chi connectivity index (χ0v) is 13.8. The molecule has 14 heavy (non-hydrogen) atoms. The van der Waals surface area contributed by atoms with Crippen molar-refractivity contribution in [3.63, 3.8) is 0 Å². The van der Waals surface area contributed by atoms with Crippen LogP contribution in [0.15, 0.2) is 30.3 Å². The van der Waals surface area contributed by atoms with E-state index < -0.39 is 9.05 Å². The summed E-state index contributed by atoms with van der Waals surface area (Å²) < 4.78 is 30.6. The number of rotatable bonds is 2. The molecule has 0 fully saturated rings. The average Bonchev–Trinajstić information content (AvgIpc) is 2.02. The summed E-state index contributed by atoms with van der Waals surface area (Å²) in [7, 11) is -3.75. The van der Waals surface area contributed by atoms with Gasteiger partial charge in [0.25, 0.3) is 0 Å². The van der Waals surface area contributed by atoms with Crippen LogP contribution in [-0.2, 0) is 25.1 Å². The number of hydrogen-bond donors (Lipinski definition) is 0. The molecule has 0 aromatic heterocycles. The van der Waals surface area contributed by atoms with Gasteiger partial charge in [0.15, 0.2) is 0 Å². The Morgan fingerprint density at radius 1 is 1.14 bits per heavy atom. The Bertz CT molecular complexity index is 352. The fourth-order valence-electron chi connectivity index (χ4n) is 0.714. The largest absolute Gasteiger partial charge is 1.00 e. The third-order valence-corrected chi connectivity index (χ3v) is 3.17. The van der Waals surface area contributed by atoms with E-state index in [1.54, 1.807) is 24.3 Å². The van der Waals surface area contributed by atoms with Gasteiger partial charge >= 0.3 is 59.1 Å². The molecule has 0 atom stereocenters. The monoisotopic (exact) mass is 249 g/mol. The second-order valence-corrected chi connectivity index (χ2v) is 5.43. The standard InChI is InChI=1S/C7H8O3S2.2Na/c8-12(9,10)11-6-7-4-2-1-3-5-7;;/h1-5H,6H2,(H-,8,9,10);;/q;2*+1/p-1. The van der Waals surface area contributed by atoms with Gasteiger partial charge in [-0.05, 0) is 0 Å². The molecule has 0 spiro atoms. The van der Waals surface area contributed by atoms with E-state index in [0.717, 1.165) is 5.56 Å². The van der Waals surface area contributed by atoms with Gasteiger partial charge in [0.2, 0.25) is 16.1 Å². The van der Waals surface area contributed by atoms with Crippen molar-refractivity contribution in [2.24, 2.45) is 0 Å². The molecule has 0 aliphatic heterocycles. The van der Waals surface area contributed by atoms with E-state index in [4.69, 9.17) is 0 Å². The summed E-state index contributed by atoms with van der Waals surface area (Å²) in [5, 5.41) is 0. The first-order valence-electron chi connectivity index (χ1n) is 3.22. The van der Waals surface area contributed by atoms with Crippen LogP contribution in [0.3, 0.4) is 0 Å². The minimum Gasteiger partial charge on any atom is -0.746 e. The van der Waals surface area contributed by atoms with Crippen LogP contribution in [0.2, 0.25) is 0 Å². The first-order chi connectivity index (χ1) is 5.58. The quantitative estimate of drug-likeness (QED) is 0.388. The Morgan fingerprint density at radius 2 is 1.64 bits per heavy atom. The molecule has 0 amide bonds. The van der Waals surface area contributed by atoms with E-state index >= 15 is 0 Å². The maximum absolute atomic E-state index is 10.2. The summed E-state index contributed by atoms with van der Waals surface area (Å²) >= 11 is 0. The molecule has 0 aliphatic rings. The normalized spacial score (nSPS) is 9.57. The van der Waals surface area contributed by atoms with E-state index in [1.165, 1.54) is 0 Å². The summed E-state index contributed by atoms with van der Waals surface area (Å²) in [6, 6.07) is 8.98. The van der Waals surface area contributed by atoms with Gasteiger partial charge in [0, 0.05) is 5.56 Å². The van der Waals surface area contributed by atoms with Crippen molar-refractivity contribution >= 4 is 19.4 Å². The van der Waals surface area contributed by atoms with Crippen molar-refractivity contribution in [2.45, 2.75) is 5.75 Å². The van der Waals surface area contributed by atoms with Crippen LogP contribution in [0, 0.1) is 0 Å². The zero-order chi connectivity index (χ0) is 9.03. The third-order valence-electron chi connectivity index (χ3n) is 1.21. The van der Waals surface area contributed by atoms with Gasteiger partial charge in [0.1, 0.15) is 0 Å². The molecule has 1 rings (SSSR count). The summed E-state index contributed by atoms with van der Waals surface area (Å²) in [6.45, 7) is 0. The number of benzene rings is 1. The molecule has 0 N–H and O–H groups in total. The molecular weight excluding hydrogens is 242 g/mol. The predicted molar refractivity (Wildman–Crippen MR) is 47.2 cm³/mol. The van der Waals surface area contributed by atoms with Gasteiger partial charge in [-0.15, -0.1) is 0 Å². The van der Waals surface area contributed by atoms with Crippen molar-refractivity contribution in [3.05, 3.63) is 35.9 Å². The predicted octanol–water partition coefficient (Wildman–Crippen LogP) is -5.26.